The van der Waals surface area contributed by atoms with Crippen LogP contribution in [-0.4, -0.2) is 62.8 Å². The molecule has 2 saturated heterocycles. The van der Waals surface area contributed by atoms with Gasteiger partial charge in [0.25, 0.3) is 0 Å². The van der Waals surface area contributed by atoms with Gasteiger partial charge in [0, 0.05) is 24.4 Å². The molecule has 2 rings (SSSR count). The molecular formula is C16H21N2O5S-. The van der Waals surface area contributed by atoms with Crippen molar-refractivity contribution in [3.63, 3.8) is 0 Å². The largest absolute Gasteiger partial charge is 0.755 e. The third-order valence-corrected chi connectivity index (χ3v) is 4.38. The molecule has 2 aliphatic rings. The van der Waals surface area contributed by atoms with Gasteiger partial charge in [-0.15, -0.1) is 0 Å². The molecule has 2 fully saturated rings. The molecule has 1 amide bonds. The number of hydrogen-bond donors (Lipinski definition) is 0. The number of carbonyl (C=O) groups is 1. The van der Waals surface area contributed by atoms with Crippen LogP contribution in [-0.2, 0) is 25.5 Å². The summed E-state index contributed by atoms with van der Waals surface area (Å²) in [5.74, 6) is 0.272. The minimum atomic E-state index is -2.48. The molecule has 0 aliphatic carbocycles. The van der Waals surface area contributed by atoms with E-state index in [1.165, 1.54) is 12.2 Å². The standard InChI is InChI=1S/C16H22N2O5S/c1-3-5-14-15(6-4-2)23-13(12-18(14)24(20)21)11-16(19)17-7-9-22-10-8-17/h3-6,13H,1-2,7-12H2,(H,20,21)/p-1/b14-5+,15-6+. The molecule has 24 heavy (non-hydrogen) atoms. The lowest BCUT2D eigenvalue weighted by Crippen LogP contribution is -2.46. The number of amides is 1. The Hall–Kier alpha value is -1.90. The molecular weight excluding hydrogens is 332 g/mol. The van der Waals surface area contributed by atoms with Gasteiger partial charge in [-0.25, -0.2) is 0 Å². The summed E-state index contributed by atoms with van der Waals surface area (Å²) in [5.41, 5.74) is 0.369. The Balaban J connectivity index is 2.14. The van der Waals surface area contributed by atoms with E-state index in [9.17, 15) is 13.6 Å². The topological polar surface area (TPSA) is 82.1 Å². The van der Waals surface area contributed by atoms with Gasteiger partial charge >= 0.3 is 0 Å². The minimum absolute atomic E-state index is 0.0698. The van der Waals surface area contributed by atoms with Crippen molar-refractivity contribution in [3.05, 3.63) is 48.9 Å². The zero-order valence-electron chi connectivity index (χ0n) is 13.4. The van der Waals surface area contributed by atoms with Crippen LogP contribution in [0.5, 0.6) is 0 Å². The van der Waals surface area contributed by atoms with Crippen molar-refractivity contribution >= 4 is 17.2 Å². The van der Waals surface area contributed by atoms with Crippen LogP contribution in [0.15, 0.2) is 48.9 Å². The van der Waals surface area contributed by atoms with Gasteiger partial charge in [-0.05, 0) is 12.2 Å². The van der Waals surface area contributed by atoms with Crippen LogP contribution < -0.4 is 0 Å². The summed E-state index contributed by atoms with van der Waals surface area (Å²) in [7, 11) is 0. The molecule has 0 aromatic carbocycles. The summed E-state index contributed by atoms with van der Waals surface area (Å²) < 4.78 is 35.3. The highest BCUT2D eigenvalue weighted by molar-refractivity contribution is 7.76. The van der Waals surface area contributed by atoms with Crippen molar-refractivity contribution in [1.82, 2.24) is 9.21 Å². The number of nitrogens with zero attached hydrogens (tertiary/aromatic N) is 2. The molecule has 0 aromatic rings. The number of hydrogen-bond acceptors (Lipinski definition) is 5. The van der Waals surface area contributed by atoms with Crippen LogP contribution in [0.25, 0.3) is 0 Å². The number of ether oxygens (including phenoxy) is 2. The van der Waals surface area contributed by atoms with E-state index in [0.717, 1.165) is 4.31 Å². The zero-order chi connectivity index (χ0) is 17.5. The molecule has 132 valence electrons. The highest BCUT2D eigenvalue weighted by Gasteiger charge is 2.31. The van der Waals surface area contributed by atoms with Crippen LogP contribution in [0.3, 0.4) is 0 Å². The molecule has 7 nitrogen and oxygen atoms in total. The van der Waals surface area contributed by atoms with E-state index in [4.69, 9.17) is 9.47 Å². The molecule has 8 heteroatoms. The summed E-state index contributed by atoms with van der Waals surface area (Å²) in [6, 6.07) is 0. The van der Waals surface area contributed by atoms with Crippen molar-refractivity contribution in [2.24, 2.45) is 0 Å². The Morgan fingerprint density at radius 3 is 2.54 bits per heavy atom. The quantitative estimate of drug-likeness (QED) is 0.685. The lowest BCUT2D eigenvalue weighted by Gasteiger charge is -2.39. The first-order valence-corrected chi connectivity index (χ1v) is 8.65. The average molecular weight is 353 g/mol. The maximum Gasteiger partial charge on any atom is 0.226 e. The summed E-state index contributed by atoms with van der Waals surface area (Å²) in [6.45, 7) is 9.38. The maximum atomic E-state index is 12.4. The van der Waals surface area contributed by atoms with E-state index >= 15 is 0 Å². The van der Waals surface area contributed by atoms with Gasteiger partial charge in [0.1, 0.15) is 11.9 Å². The molecule has 0 spiro atoms. The lowest BCUT2D eigenvalue weighted by molar-refractivity contribution is -0.138. The Morgan fingerprint density at radius 2 is 1.96 bits per heavy atom. The fourth-order valence-electron chi connectivity index (χ4n) is 2.58. The van der Waals surface area contributed by atoms with Gasteiger partial charge in [-0.1, -0.05) is 25.3 Å². The first-order chi connectivity index (χ1) is 11.6. The van der Waals surface area contributed by atoms with Gasteiger partial charge in [0.2, 0.25) is 5.91 Å². The highest BCUT2D eigenvalue weighted by atomic mass is 32.2. The van der Waals surface area contributed by atoms with Crippen LogP contribution in [0.2, 0.25) is 0 Å². The molecule has 0 N–H and O–H groups in total. The predicted octanol–water partition coefficient (Wildman–Crippen LogP) is 0.870. The monoisotopic (exact) mass is 353 g/mol. The highest BCUT2D eigenvalue weighted by Crippen LogP contribution is 2.28. The minimum Gasteiger partial charge on any atom is -0.755 e. The molecule has 0 aromatic heterocycles. The number of rotatable bonds is 5. The third-order valence-electron chi connectivity index (χ3n) is 3.68. The molecule has 0 saturated carbocycles. The van der Waals surface area contributed by atoms with Crippen molar-refractivity contribution < 1.29 is 23.0 Å². The molecule has 0 bridgehead atoms. The van der Waals surface area contributed by atoms with E-state index in [1.807, 2.05) is 0 Å². The third kappa shape index (κ3) is 4.56. The second kappa shape index (κ2) is 8.81. The van der Waals surface area contributed by atoms with Gasteiger partial charge in [0.05, 0.1) is 31.9 Å². The van der Waals surface area contributed by atoms with Crippen molar-refractivity contribution in [3.8, 4) is 0 Å². The van der Waals surface area contributed by atoms with E-state index in [0.29, 0.717) is 37.8 Å². The van der Waals surface area contributed by atoms with Crippen molar-refractivity contribution in [2.75, 3.05) is 32.8 Å². The van der Waals surface area contributed by atoms with Gasteiger partial charge in [-0.3, -0.25) is 13.3 Å². The molecule has 2 aliphatic heterocycles. The predicted molar refractivity (Wildman–Crippen MR) is 89.1 cm³/mol. The Bertz CT molecular complexity index is 581. The summed E-state index contributed by atoms with van der Waals surface area (Å²) in [5, 5.41) is 0. The fraction of sp³-hybridized carbons (Fsp3) is 0.438. The van der Waals surface area contributed by atoms with Gasteiger partial charge in [0.15, 0.2) is 0 Å². The van der Waals surface area contributed by atoms with Crippen LogP contribution in [0, 0.1) is 0 Å². The summed E-state index contributed by atoms with van der Waals surface area (Å²) in [6.07, 6.45) is 5.64. The molecule has 2 unspecified atom stereocenters. The zero-order valence-corrected chi connectivity index (χ0v) is 14.2. The van der Waals surface area contributed by atoms with Crippen LogP contribution >= 0.6 is 0 Å². The molecule has 2 atom stereocenters. The number of allylic oxidation sites excluding steroid dienone is 4. The van der Waals surface area contributed by atoms with Gasteiger partial charge in [-0.2, -0.15) is 0 Å². The summed E-state index contributed by atoms with van der Waals surface area (Å²) >= 11 is -2.48. The number of morpholine rings is 2. The smallest absolute Gasteiger partial charge is 0.226 e. The number of carbonyl (C=O) groups excluding carboxylic acids is 1. The first-order valence-electron chi connectivity index (χ1n) is 7.61. The Labute approximate surface area is 144 Å². The molecule has 0 radical (unpaired) electrons. The first kappa shape index (κ1) is 18.4. The van der Waals surface area contributed by atoms with Gasteiger partial charge < -0.3 is 18.9 Å². The SMILES string of the molecule is C=C/C=C1/OC(CC(=O)N2CCOCC2)CN(S(=O)[O-])/C1=C/C=C. The van der Waals surface area contributed by atoms with Crippen molar-refractivity contribution in [2.45, 2.75) is 12.5 Å². The van der Waals surface area contributed by atoms with Crippen LogP contribution in [0.1, 0.15) is 6.42 Å². The fourth-order valence-corrected chi connectivity index (χ4v) is 3.18. The normalized spacial score (nSPS) is 26.1. The average Bonchev–Trinajstić information content (AvgIpc) is 2.57. The van der Waals surface area contributed by atoms with E-state index in [1.54, 1.807) is 17.1 Å². The maximum absolute atomic E-state index is 12.4. The van der Waals surface area contributed by atoms with E-state index in [-0.39, 0.29) is 18.9 Å². The van der Waals surface area contributed by atoms with E-state index < -0.39 is 17.4 Å². The van der Waals surface area contributed by atoms with Crippen molar-refractivity contribution in [1.29, 1.82) is 0 Å². The molecule has 2 heterocycles. The van der Waals surface area contributed by atoms with E-state index in [2.05, 4.69) is 13.2 Å². The second-order valence-corrected chi connectivity index (χ2v) is 6.14. The Morgan fingerprint density at radius 1 is 1.29 bits per heavy atom. The lowest BCUT2D eigenvalue weighted by atomic mass is 10.1. The second-order valence-electron chi connectivity index (χ2n) is 5.27. The van der Waals surface area contributed by atoms with Crippen LogP contribution in [0.4, 0.5) is 0 Å². The Kier molecular flexibility index (Phi) is 6.77. The summed E-state index contributed by atoms with van der Waals surface area (Å²) in [4.78, 5) is 14.1.